The lowest BCUT2D eigenvalue weighted by Gasteiger charge is -2.39. The van der Waals surface area contributed by atoms with Gasteiger partial charge < -0.3 is 15.3 Å². The predicted octanol–water partition coefficient (Wildman–Crippen LogP) is 2.52. The van der Waals surface area contributed by atoms with Crippen molar-refractivity contribution in [1.82, 2.24) is 9.97 Å². The molecule has 1 fully saturated rings. The maximum Gasteiger partial charge on any atom is 0.137 e. The van der Waals surface area contributed by atoms with Gasteiger partial charge in [-0.15, -0.1) is 0 Å². The van der Waals surface area contributed by atoms with E-state index < -0.39 is 0 Å². The van der Waals surface area contributed by atoms with Crippen molar-refractivity contribution in [2.24, 2.45) is 0 Å². The van der Waals surface area contributed by atoms with Gasteiger partial charge >= 0.3 is 0 Å². The summed E-state index contributed by atoms with van der Waals surface area (Å²) in [6, 6.07) is 0.523. The van der Waals surface area contributed by atoms with E-state index >= 15 is 0 Å². The van der Waals surface area contributed by atoms with Crippen molar-refractivity contribution in [3.8, 4) is 0 Å². The third-order valence-corrected chi connectivity index (χ3v) is 4.15. The number of aromatic nitrogens is 2. The fourth-order valence-corrected chi connectivity index (χ4v) is 2.67. The van der Waals surface area contributed by atoms with Crippen molar-refractivity contribution < 1.29 is 5.11 Å². The van der Waals surface area contributed by atoms with Gasteiger partial charge in [0.05, 0.1) is 6.61 Å². The number of aliphatic hydroxyl groups excluding tert-OH is 1. The van der Waals surface area contributed by atoms with Crippen LogP contribution in [0.4, 0.5) is 11.6 Å². The van der Waals surface area contributed by atoms with Crippen LogP contribution in [0.1, 0.15) is 50.9 Å². The zero-order chi connectivity index (χ0) is 15.2. The summed E-state index contributed by atoms with van der Waals surface area (Å²) in [4.78, 5) is 11.6. The summed E-state index contributed by atoms with van der Waals surface area (Å²) in [6.07, 6.45) is 5.57. The number of aliphatic hydroxyl groups is 1. The van der Waals surface area contributed by atoms with Crippen LogP contribution < -0.4 is 10.2 Å². The number of hydrogen-bond donors (Lipinski definition) is 2. The molecule has 0 radical (unpaired) electrons. The first kappa shape index (κ1) is 16.0. The molecule has 0 bridgehead atoms. The molecule has 0 amide bonds. The van der Waals surface area contributed by atoms with Crippen molar-refractivity contribution in [2.75, 3.05) is 29.9 Å². The Bertz CT molecular complexity index is 460. The van der Waals surface area contributed by atoms with Gasteiger partial charge in [-0.25, -0.2) is 9.97 Å². The Labute approximate surface area is 127 Å². The van der Waals surface area contributed by atoms with Crippen LogP contribution in [0.2, 0.25) is 0 Å². The molecule has 0 spiro atoms. The molecule has 0 aliphatic heterocycles. The predicted molar refractivity (Wildman–Crippen MR) is 87.0 cm³/mol. The Morgan fingerprint density at radius 2 is 2.05 bits per heavy atom. The molecule has 0 atom stereocenters. The molecular weight excluding hydrogens is 264 g/mol. The van der Waals surface area contributed by atoms with Crippen LogP contribution in [-0.2, 0) is 6.42 Å². The van der Waals surface area contributed by atoms with Gasteiger partial charge in [-0.3, -0.25) is 0 Å². The molecule has 1 aromatic rings. The summed E-state index contributed by atoms with van der Waals surface area (Å²) < 4.78 is 0. The smallest absolute Gasteiger partial charge is 0.137 e. The Kier molecular flexibility index (Phi) is 5.79. The van der Waals surface area contributed by atoms with Gasteiger partial charge in [0.1, 0.15) is 17.5 Å². The molecule has 1 aromatic heterocycles. The van der Waals surface area contributed by atoms with Gasteiger partial charge in [0.15, 0.2) is 0 Å². The van der Waals surface area contributed by atoms with E-state index in [0.717, 1.165) is 42.4 Å². The first-order chi connectivity index (χ1) is 10.2. The van der Waals surface area contributed by atoms with Crippen LogP contribution in [0.15, 0.2) is 0 Å². The zero-order valence-corrected chi connectivity index (χ0v) is 13.5. The van der Waals surface area contributed by atoms with Crippen LogP contribution in [0.5, 0.6) is 0 Å². The monoisotopic (exact) mass is 292 g/mol. The zero-order valence-electron chi connectivity index (χ0n) is 13.5. The van der Waals surface area contributed by atoms with Crippen LogP contribution >= 0.6 is 0 Å². The van der Waals surface area contributed by atoms with E-state index in [1.807, 2.05) is 0 Å². The maximum atomic E-state index is 9.39. The van der Waals surface area contributed by atoms with Crippen LogP contribution in [0.3, 0.4) is 0 Å². The number of nitrogens with zero attached hydrogens (tertiary/aromatic N) is 3. The third-order valence-electron chi connectivity index (χ3n) is 4.15. The summed E-state index contributed by atoms with van der Waals surface area (Å²) in [7, 11) is 0. The molecule has 5 nitrogen and oxygen atoms in total. The van der Waals surface area contributed by atoms with E-state index in [1.165, 1.54) is 19.3 Å². The highest BCUT2D eigenvalue weighted by molar-refractivity contribution is 5.59. The van der Waals surface area contributed by atoms with Crippen LogP contribution in [0, 0.1) is 6.92 Å². The van der Waals surface area contributed by atoms with Gasteiger partial charge in [0.2, 0.25) is 0 Å². The maximum absolute atomic E-state index is 9.39. The molecule has 0 saturated heterocycles. The lowest BCUT2D eigenvalue weighted by atomic mass is 9.91. The minimum absolute atomic E-state index is 0.166. The van der Waals surface area contributed by atoms with Crippen LogP contribution in [0.25, 0.3) is 0 Å². The Hall–Kier alpha value is -1.36. The molecule has 118 valence electrons. The van der Waals surface area contributed by atoms with E-state index in [0.29, 0.717) is 12.6 Å². The first-order valence-corrected chi connectivity index (χ1v) is 8.20. The highest BCUT2D eigenvalue weighted by atomic mass is 16.3. The fraction of sp³-hybridized carbons (Fsp3) is 0.750. The molecule has 1 saturated carbocycles. The third kappa shape index (κ3) is 3.64. The number of hydrogen-bond acceptors (Lipinski definition) is 5. The molecule has 21 heavy (non-hydrogen) atoms. The summed E-state index contributed by atoms with van der Waals surface area (Å²) in [5.41, 5.74) is 1.10. The van der Waals surface area contributed by atoms with E-state index in [2.05, 4.69) is 36.0 Å². The van der Waals surface area contributed by atoms with E-state index in [1.54, 1.807) is 0 Å². The Balaban J connectivity index is 2.34. The number of anilines is 2. The van der Waals surface area contributed by atoms with Crippen molar-refractivity contribution in [3.05, 3.63) is 11.4 Å². The minimum atomic E-state index is 0.166. The molecule has 1 aliphatic rings. The molecule has 2 N–H and O–H groups in total. The van der Waals surface area contributed by atoms with Gasteiger partial charge in [-0.05, 0) is 32.6 Å². The molecule has 1 heterocycles. The summed E-state index contributed by atoms with van der Waals surface area (Å²) in [6.45, 7) is 8.05. The van der Waals surface area contributed by atoms with Gasteiger partial charge in [0, 0.05) is 31.1 Å². The highest BCUT2D eigenvalue weighted by Gasteiger charge is 2.27. The summed E-state index contributed by atoms with van der Waals surface area (Å²) in [5, 5.41) is 12.8. The number of rotatable bonds is 8. The van der Waals surface area contributed by atoms with Gasteiger partial charge in [-0.2, -0.15) is 0 Å². The standard InChI is InChI=1S/C16H28N4O/c1-4-9-17-15-12(3)16(19-14(5-2)18-15)20(10-11-21)13-7-6-8-13/h13,21H,4-11H2,1-3H3,(H,17,18,19). The topological polar surface area (TPSA) is 61.3 Å². The number of aryl methyl sites for hydroxylation is 1. The molecular formula is C16H28N4O. The average Bonchev–Trinajstić information content (AvgIpc) is 2.44. The highest BCUT2D eigenvalue weighted by Crippen LogP contribution is 2.32. The molecule has 2 rings (SSSR count). The van der Waals surface area contributed by atoms with Gasteiger partial charge in [0.25, 0.3) is 0 Å². The van der Waals surface area contributed by atoms with Crippen molar-refractivity contribution in [2.45, 2.75) is 58.9 Å². The SMILES string of the molecule is CCCNc1nc(CC)nc(N(CCO)C2CCC2)c1C. The molecule has 1 aliphatic carbocycles. The second-order valence-electron chi connectivity index (χ2n) is 5.72. The molecule has 5 heteroatoms. The van der Waals surface area contributed by atoms with Crippen molar-refractivity contribution in [1.29, 1.82) is 0 Å². The molecule has 0 unspecified atom stereocenters. The fourth-order valence-electron chi connectivity index (χ4n) is 2.67. The Morgan fingerprint density at radius 1 is 1.29 bits per heavy atom. The summed E-state index contributed by atoms with van der Waals surface area (Å²) >= 11 is 0. The lowest BCUT2D eigenvalue weighted by Crippen LogP contribution is -2.43. The molecule has 0 aromatic carbocycles. The van der Waals surface area contributed by atoms with Crippen LogP contribution in [-0.4, -0.2) is 40.8 Å². The lowest BCUT2D eigenvalue weighted by molar-refractivity contribution is 0.282. The number of nitrogens with one attached hydrogen (secondary N) is 1. The first-order valence-electron chi connectivity index (χ1n) is 8.20. The van der Waals surface area contributed by atoms with E-state index in [4.69, 9.17) is 4.98 Å². The van der Waals surface area contributed by atoms with Gasteiger partial charge in [-0.1, -0.05) is 13.8 Å². The average molecular weight is 292 g/mol. The normalized spacial score (nSPS) is 14.9. The summed E-state index contributed by atoms with van der Waals surface area (Å²) in [5.74, 6) is 2.82. The largest absolute Gasteiger partial charge is 0.395 e. The minimum Gasteiger partial charge on any atom is -0.395 e. The van der Waals surface area contributed by atoms with E-state index in [9.17, 15) is 5.11 Å². The second kappa shape index (κ2) is 7.59. The van der Waals surface area contributed by atoms with E-state index in [-0.39, 0.29) is 6.61 Å². The second-order valence-corrected chi connectivity index (χ2v) is 5.72. The van der Waals surface area contributed by atoms with Crippen molar-refractivity contribution >= 4 is 11.6 Å². The Morgan fingerprint density at radius 3 is 2.57 bits per heavy atom. The van der Waals surface area contributed by atoms with Crippen molar-refractivity contribution in [3.63, 3.8) is 0 Å². The quantitative estimate of drug-likeness (QED) is 0.771.